The van der Waals surface area contributed by atoms with Gasteiger partial charge in [0.1, 0.15) is 33.1 Å². The minimum Gasteiger partial charge on any atom is -0.505 e. The zero-order valence-corrected chi connectivity index (χ0v) is 17.2. The summed E-state index contributed by atoms with van der Waals surface area (Å²) in [5.74, 6) is 1.53. The van der Waals surface area contributed by atoms with Crippen molar-refractivity contribution >= 4 is 26.6 Å². The Morgan fingerprint density at radius 3 is 2.59 bits per heavy atom. The summed E-state index contributed by atoms with van der Waals surface area (Å²) in [6.07, 6.45) is 9.14. The minimum atomic E-state index is -0.269. The van der Waals surface area contributed by atoms with Gasteiger partial charge in [-0.15, -0.1) is 0 Å². The van der Waals surface area contributed by atoms with Crippen LogP contribution in [0.15, 0.2) is 0 Å². The molecule has 4 nitrogen and oxygen atoms in total. The molecule has 2 aliphatic heterocycles. The fraction of sp³-hybridized carbons (Fsp3) is 0.739. The lowest BCUT2D eigenvalue weighted by atomic mass is 9.36. The number of fused-ring (bicyclic) bond motifs is 2. The topological polar surface area (TPSA) is 41.9 Å². The van der Waals surface area contributed by atoms with Crippen LogP contribution in [-0.4, -0.2) is 63.6 Å². The van der Waals surface area contributed by atoms with Crippen LogP contribution in [0.4, 0.5) is 0 Å². The Hall–Kier alpha value is -1.13. The van der Waals surface area contributed by atoms with Gasteiger partial charge in [0.25, 0.3) is 0 Å². The van der Waals surface area contributed by atoms with Crippen molar-refractivity contribution in [2.24, 2.45) is 11.3 Å². The molecule has 8 rings (SSSR count). The van der Waals surface area contributed by atoms with Crippen LogP contribution in [0.5, 0.6) is 11.5 Å². The zero-order valence-electron chi connectivity index (χ0n) is 17.2. The number of piperidine rings is 1. The van der Waals surface area contributed by atoms with Gasteiger partial charge in [-0.1, -0.05) is 10.9 Å². The molecule has 5 aliphatic carbocycles. The van der Waals surface area contributed by atoms with Gasteiger partial charge in [-0.2, -0.15) is 0 Å². The number of likely N-dealkylation sites (tertiary alicyclic amines) is 1. The lowest BCUT2D eigenvalue weighted by molar-refractivity contribution is -0.251. The van der Waals surface area contributed by atoms with Crippen molar-refractivity contribution in [2.75, 3.05) is 20.2 Å². The fourth-order valence-corrected chi connectivity index (χ4v) is 8.49. The van der Waals surface area contributed by atoms with E-state index in [9.17, 15) is 5.11 Å². The van der Waals surface area contributed by atoms with Crippen molar-refractivity contribution in [1.29, 1.82) is 0 Å². The smallest absolute Gasteiger partial charge is 0.165 e. The first-order valence-electron chi connectivity index (χ1n) is 11.4. The van der Waals surface area contributed by atoms with Crippen molar-refractivity contribution in [3.63, 3.8) is 0 Å². The summed E-state index contributed by atoms with van der Waals surface area (Å²) in [7, 11) is 14.6. The van der Waals surface area contributed by atoms with Crippen molar-refractivity contribution in [2.45, 2.75) is 74.5 Å². The number of hydrogen-bond donors (Lipinski definition) is 1. The molecule has 4 radical (unpaired) electrons. The van der Waals surface area contributed by atoms with Crippen molar-refractivity contribution in [3.05, 3.63) is 11.1 Å². The standard InChI is InChI=1S/C23H27B2NO3/c1-28-22-6-4-21(5-7-22)14-10-13-15-19(18(27)17(25)16(13)24)29-20(22)23(15,21)8-9-26(14)11-12-2-3-12/h12,14,20,27H,2-11H2,1H3/t14-,20+,21?,22?,23+/m1/s1. The molecule has 4 bridgehead atoms. The molecule has 7 aliphatic rings. The van der Waals surface area contributed by atoms with Gasteiger partial charge in [-0.25, -0.2) is 0 Å². The summed E-state index contributed by atoms with van der Waals surface area (Å²) >= 11 is 0. The number of phenolic OH excluding ortho intramolecular Hbond substituents is 1. The Morgan fingerprint density at radius 2 is 1.90 bits per heavy atom. The number of nitrogens with zero attached hydrogens (tertiary/aromatic N) is 1. The maximum absolute atomic E-state index is 10.9. The third-order valence-electron chi connectivity index (χ3n) is 9.96. The van der Waals surface area contributed by atoms with Crippen LogP contribution in [0.25, 0.3) is 0 Å². The second kappa shape index (κ2) is 5.19. The highest BCUT2D eigenvalue weighted by atomic mass is 16.6. The van der Waals surface area contributed by atoms with Crippen molar-refractivity contribution < 1.29 is 14.6 Å². The molecule has 0 aromatic heterocycles. The molecule has 1 N–H and O–H groups in total. The van der Waals surface area contributed by atoms with E-state index in [1.807, 2.05) is 7.11 Å². The predicted octanol–water partition coefficient (Wildman–Crippen LogP) is 0.978. The van der Waals surface area contributed by atoms with E-state index in [0.717, 1.165) is 43.7 Å². The highest BCUT2D eigenvalue weighted by Crippen LogP contribution is 2.75. The molecule has 5 fully saturated rings. The Kier molecular flexibility index (Phi) is 3.14. The van der Waals surface area contributed by atoms with E-state index in [2.05, 4.69) is 4.90 Å². The maximum Gasteiger partial charge on any atom is 0.165 e. The van der Waals surface area contributed by atoms with E-state index in [1.165, 1.54) is 37.8 Å². The Morgan fingerprint density at radius 1 is 1.14 bits per heavy atom. The SMILES string of the molecule is [B]c1c([B])c2c3c(c1O)O[C@H]1C4(OC)CCC5(CC4)[C@@H](C2)N(CC2CC2)CC[C@]315. The van der Waals surface area contributed by atoms with Crippen LogP contribution in [0.1, 0.15) is 56.1 Å². The second-order valence-corrected chi connectivity index (χ2v) is 10.7. The summed E-state index contributed by atoms with van der Waals surface area (Å²) in [5, 5.41) is 10.9. The molecule has 1 aromatic carbocycles. The molecule has 148 valence electrons. The van der Waals surface area contributed by atoms with Gasteiger partial charge in [-0.05, 0) is 74.8 Å². The molecule has 1 saturated heterocycles. The van der Waals surface area contributed by atoms with Crippen LogP contribution in [-0.2, 0) is 16.6 Å². The lowest BCUT2D eigenvalue weighted by Gasteiger charge is -2.72. The van der Waals surface area contributed by atoms with Crippen LogP contribution >= 0.6 is 0 Å². The molecular formula is C23H27B2NO3. The number of hydrogen-bond acceptors (Lipinski definition) is 4. The third-order valence-corrected chi connectivity index (χ3v) is 9.96. The largest absolute Gasteiger partial charge is 0.505 e. The third kappa shape index (κ3) is 1.74. The van der Waals surface area contributed by atoms with Gasteiger partial charge in [0, 0.05) is 30.7 Å². The second-order valence-electron chi connectivity index (χ2n) is 10.7. The molecular weight excluding hydrogens is 360 g/mol. The van der Waals surface area contributed by atoms with E-state index in [4.69, 9.17) is 25.2 Å². The first-order chi connectivity index (χ1) is 14.0. The number of ether oxygens (including phenoxy) is 2. The summed E-state index contributed by atoms with van der Waals surface area (Å²) in [5.41, 5.74) is 3.02. The Balaban J connectivity index is 1.51. The average molecular weight is 387 g/mol. The molecule has 0 unspecified atom stereocenters. The summed E-state index contributed by atoms with van der Waals surface area (Å²) in [6.45, 7) is 2.32. The van der Waals surface area contributed by atoms with Crippen LogP contribution < -0.4 is 15.7 Å². The highest BCUT2D eigenvalue weighted by molar-refractivity contribution is 6.50. The van der Waals surface area contributed by atoms with Crippen LogP contribution in [0.2, 0.25) is 0 Å². The van der Waals surface area contributed by atoms with Crippen molar-refractivity contribution in [1.82, 2.24) is 4.90 Å². The van der Waals surface area contributed by atoms with Crippen LogP contribution in [0.3, 0.4) is 0 Å². The van der Waals surface area contributed by atoms with Gasteiger partial charge >= 0.3 is 0 Å². The quantitative estimate of drug-likeness (QED) is 0.786. The first-order valence-corrected chi connectivity index (χ1v) is 11.4. The first kappa shape index (κ1) is 17.5. The molecule has 1 aromatic rings. The number of rotatable bonds is 3. The number of phenols is 1. The van der Waals surface area contributed by atoms with Gasteiger partial charge < -0.3 is 14.6 Å². The molecule has 3 atom stereocenters. The van der Waals surface area contributed by atoms with E-state index in [0.29, 0.717) is 17.3 Å². The molecule has 0 amide bonds. The molecule has 6 heteroatoms. The van der Waals surface area contributed by atoms with Crippen molar-refractivity contribution in [3.8, 4) is 11.5 Å². The Bertz CT molecular complexity index is 937. The summed E-state index contributed by atoms with van der Waals surface area (Å²) < 4.78 is 12.9. The van der Waals surface area contributed by atoms with Gasteiger partial charge in [0.15, 0.2) is 5.75 Å². The molecule has 2 spiro atoms. The van der Waals surface area contributed by atoms with Crippen LogP contribution in [0, 0.1) is 11.3 Å². The van der Waals surface area contributed by atoms with E-state index in [-0.39, 0.29) is 33.7 Å². The molecule has 2 heterocycles. The number of aromatic hydroxyl groups is 1. The monoisotopic (exact) mass is 387 g/mol. The Labute approximate surface area is 175 Å². The highest BCUT2D eigenvalue weighted by Gasteiger charge is 2.78. The van der Waals surface area contributed by atoms with Gasteiger partial charge in [-0.3, -0.25) is 4.90 Å². The van der Waals surface area contributed by atoms with Gasteiger partial charge in [0.2, 0.25) is 0 Å². The van der Waals surface area contributed by atoms with E-state index in [1.54, 1.807) is 0 Å². The number of benzene rings is 1. The molecule has 4 saturated carbocycles. The summed E-state index contributed by atoms with van der Waals surface area (Å²) in [6, 6.07) is 0.489. The van der Waals surface area contributed by atoms with E-state index < -0.39 is 0 Å². The summed E-state index contributed by atoms with van der Waals surface area (Å²) in [4.78, 5) is 2.79. The predicted molar refractivity (Wildman–Crippen MR) is 112 cm³/mol. The normalized spacial score (nSPS) is 43.9. The van der Waals surface area contributed by atoms with Gasteiger partial charge in [0.05, 0.1) is 0 Å². The minimum absolute atomic E-state index is 0.0460. The maximum atomic E-state index is 10.9. The number of methoxy groups -OCH3 is 1. The van der Waals surface area contributed by atoms with E-state index >= 15 is 0 Å². The lowest BCUT2D eigenvalue weighted by Crippen LogP contribution is -2.79. The molecule has 29 heavy (non-hydrogen) atoms. The zero-order chi connectivity index (χ0) is 19.8. The average Bonchev–Trinajstić information content (AvgIpc) is 3.48. The fourth-order valence-electron chi connectivity index (χ4n) is 8.49.